The van der Waals surface area contributed by atoms with E-state index in [0.29, 0.717) is 6.54 Å². The van der Waals surface area contributed by atoms with E-state index in [9.17, 15) is 4.79 Å². The predicted octanol–water partition coefficient (Wildman–Crippen LogP) is 2.28. The summed E-state index contributed by atoms with van der Waals surface area (Å²) in [6.45, 7) is 0.434. The molecule has 0 spiro atoms. The van der Waals surface area contributed by atoms with Gasteiger partial charge in [0.2, 0.25) is 5.91 Å². The summed E-state index contributed by atoms with van der Waals surface area (Å²) < 4.78 is 0. The van der Waals surface area contributed by atoms with Crippen LogP contribution in [0.4, 0.5) is 0 Å². The summed E-state index contributed by atoms with van der Waals surface area (Å²) >= 11 is 0. The van der Waals surface area contributed by atoms with Crippen LogP contribution in [0, 0.1) is 11.3 Å². The molecule has 0 bridgehead atoms. The molecule has 4 nitrogen and oxygen atoms in total. The molecule has 0 fully saturated rings. The quantitative estimate of drug-likeness (QED) is 0.906. The summed E-state index contributed by atoms with van der Waals surface area (Å²) in [4.78, 5) is 15.4. The van der Waals surface area contributed by atoms with Crippen LogP contribution in [0.25, 0.3) is 11.3 Å². The summed E-state index contributed by atoms with van der Waals surface area (Å²) in [6, 6.07) is 15.4. The Hall–Kier alpha value is -2.67. The van der Waals surface area contributed by atoms with Crippen LogP contribution < -0.4 is 5.32 Å². The van der Waals surface area contributed by atoms with Crippen molar-refractivity contribution >= 4 is 5.91 Å². The highest BCUT2D eigenvalue weighted by molar-refractivity contribution is 5.77. The minimum Gasteiger partial charge on any atom is -0.351 e. The van der Waals surface area contributed by atoms with Crippen molar-refractivity contribution in [2.45, 2.75) is 13.0 Å². The van der Waals surface area contributed by atoms with E-state index >= 15 is 0 Å². The van der Waals surface area contributed by atoms with Gasteiger partial charge >= 0.3 is 0 Å². The third-order valence-electron chi connectivity index (χ3n) is 2.64. The minimum absolute atomic E-state index is 0.105. The average molecular weight is 251 g/mol. The van der Waals surface area contributed by atoms with Crippen LogP contribution in [0.2, 0.25) is 0 Å². The number of aromatic nitrogens is 1. The molecule has 94 valence electrons. The summed E-state index contributed by atoms with van der Waals surface area (Å²) in [6.07, 6.45) is 1.65. The second-order valence-electron chi connectivity index (χ2n) is 4.02. The van der Waals surface area contributed by atoms with Crippen LogP contribution >= 0.6 is 0 Å². The lowest BCUT2D eigenvalue weighted by atomic mass is 10.1. The second kappa shape index (κ2) is 6.31. The Labute approximate surface area is 111 Å². The van der Waals surface area contributed by atoms with Crippen molar-refractivity contribution in [1.82, 2.24) is 10.3 Å². The normalized spacial score (nSPS) is 9.63. The van der Waals surface area contributed by atoms with Crippen LogP contribution in [0.5, 0.6) is 0 Å². The fourth-order valence-electron chi connectivity index (χ4n) is 1.66. The van der Waals surface area contributed by atoms with Gasteiger partial charge in [-0.1, -0.05) is 30.3 Å². The molecule has 0 saturated heterocycles. The zero-order valence-corrected chi connectivity index (χ0v) is 10.3. The van der Waals surface area contributed by atoms with Gasteiger partial charge in [0.25, 0.3) is 0 Å². The summed E-state index contributed by atoms with van der Waals surface area (Å²) in [5.41, 5.74) is 2.95. The van der Waals surface area contributed by atoms with Crippen LogP contribution in [-0.4, -0.2) is 10.9 Å². The molecule has 1 amide bonds. The first-order chi connectivity index (χ1) is 9.29. The Morgan fingerprint density at radius 3 is 2.63 bits per heavy atom. The molecule has 0 aliphatic rings. The Morgan fingerprint density at radius 2 is 2.00 bits per heavy atom. The van der Waals surface area contributed by atoms with E-state index in [1.54, 1.807) is 6.20 Å². The van der Waals surface area contributed by atoms with Gasteiger partial charge in [0.05, 0.1) is 11.8 Å². The zero-order valence-electron chi connectivity index (χ0n) is 10.3. The first-order valence-corrected chi connectivity index (χ1v) is 5.93. The maximum atomic E-state index is 11.2. The molecule has 0 aliphatic heterocycles. The predicted molar refractivity (Wildman–Crippen MR) is 71.7 cm³/mol. The largest absolute Gasteiger partial charge is 0.351 e. The van der Waals surface area contributed by atoms with Crippen molar-refractivity contribution in [2.24, 2.45) is 0 Å². The highest BCUT2D eigenvalue weighted by Crippen LogP contribution is 2.16. The number of carbonyl (C=O) groups excluding carboxylic acids is 1. The van der Waals surface area contributed by atoms with E-state index in [-0.39, 0.29) is 12.3 Å². The highest BCUT2D eigenvalue weighted by Gasteiger charge is 2.01. The molecule has 0 aliphatic carbocycles. The van der Waals surface area contributed by atoms with Gasteiger partial charge in [-0.2, -0.15) is 5.26 Å². The topological polar surface area (TPSA) is 65.8 Å². The molecule has 2 aromatic rings. The van der Waals surface area contributed by atoms with Crippen molar-refractivity contribution in [3.8, 4) is 17.3 Å². The second-order valence-corrected chi connectivity index (χ2v) is 4.02. The number of carbonyl (C=O) groups is 1. The number of nitrogens with zero attached hydrogens (tertiary/aromatic N) is 2. The van der Waals surface area contributed by atoms with Gasteiger partial charge in [0.1, 0.15) is 6.42 Å². The Bertz CT molecular complexity index is 585. The lowest BCUT2D eigenvalue weighted by molar-refractivity contribution is -0.120. The van der Waals surface area contributed by atoms with Crippen LogP contribution in [0.1, 0.15) is 12.0 Å². The molecule has 19 heavy (non-hydrogen) atoms. The maximum absolute atomic E-state index is 11.2. The van der Waals surface area contributed by atoms with E-state index < -0.39 is 0 Å². The molecule has 0 saturated carbocycles. The SMILES string of the molecule is N#CCC(=O)NCc1ccc(-c2ccccn2)cc1. The van der Waals surface area contributed by atoms with E-state index in [2.05, 4.69) is 10.3 Å². The zero-order chi connectivity index (χ0) is 13.5. The van der Waals surface area contributed by atoms with Gasteiger partial charge in [0.15, 0.2) is 0 Å². The lowest BCUT2D eigenvalue weighted by Gasteiger charge is -2.05. The number of nitrogens with one attached hydrogen (secondary N) is 1. The molecule has 0 radical (unpaired) electrons. The molecular formula is C15H13N3O. The number of benzene rings is 1. The maximum Gasteiger partial charge on any atom is 0.234 e. The first-order valence-electron chi connectivity index (χ1n) is 5.93. The third kappa shape index (κ3) is 3.65. The molecule has 1 N–H and O–H groups in total. The number of nitriles is 1. The molecule has 2 rings (SSSR count). The summed E-state index contributed by atoms with van der Waals surface area (Å²) in [7, 11) is 0. The molecule has 1 aromatic carbocycles. The standard InChI is InChI=1S/C15H13N3O/c16-9-8-15(19)18-11-12-4-6-13(7-5-12)14-3-1-2-10-17-14/h1-7,10H,8,11H2,(H,18,19). The van der Waals surface area contributed by atoms with Crippen LogP contribution in [0.15, 0.2) is 48.7 Å². The first kappa shape index (κ1) is 12.8. The van der Waals surface area contributed by atoms with Crippen molar-refractivity contribution in [2.75, 3.05) is 0 Å². The molecular weight excluding hydrogens is 238 g/mol. The molecule has 1 aromatic heterocycles. The van der Waals surface area contributed by atoms with E-state index in [4.69, 9.17) is 5.26 Å². The molecule has 0 unspecified atom stereocenters. The van der Waals surface area contributed by atoms with Gasteiger partial charge in [-0.05, 0) is 17.7 Å². The third-order valence-corrected chi connectivity index (χ3v) is 2.64. The molecule has 0 atom stereocenters. The van der Waals surface area contributed by atoms with Gasteiger partial charge in [0, 0.05) is 18.3 Å². The van der Waals surface area contributed by atoms with Crippen molar-refractivity contribution in [3.05, 3.63) is 54.2 Å². The fraction of sp³-hybridized carbons (Fsp3) is 0.133. The number of amides is 1. The van der Waals surface area contributed by atoms with Crippen molar-refractivity contribution < 1.29 is 4.79 Å². The number of rotatable bonds is 4. The number of pyridine rings is 1. The molecule has 1 heterocycles. The van der Waals surface area contributed by atoms with Gasteiger partial charge in [-0.3, -0.25) is 9.78 Å². The highest BCUT2D eigenvalue weighted by atomic mass is 16.1. The average Bonchev–Trinajstić information content (AvgIpc) is 2.47. The summed E-state index contributed by atoms with van der Waals surface area (Å²) in [5.74, 6) is -0.253. The minimum atomic E-state index is -0.253. The molecule has 4 heteroatoms. The van der Waals surface area contributed by atoms with E-state index in [1.807, 2.05) is 48.5 Å². The Kier molecular flexibility index (Phi) is 4.25. The van der Waals surface area contributed by atoms with Gasteiger partial charge in [-0.15, -0.1) is 0 Å². The summed E-state index contributed by atoms with van der Waals surface area (Å²) in [5, 5.41) is 11.1. The monoisotopic (exact) mass is 251 g/mol. The lowest BCUT2D eigenvalue weighted by Crippen LogP contribution is -2.21. The number of hydrogen-bond acceptors (Lipinski definition) is 3. The Balaban J connectivity index is 2.00. The number of hydrogen-bond donors (Lipinski definition) is 1. The Morgan fingerprint density at radius 1 is 1.21 bits per heavy atom. The van der Waals surface area contributed by atoms with Crippen LogP contribution in [-0.2, 0) is 11.3 Å². The van der Waals surface area contributed by atoms with Gasteiger partial charge in [-0.25, -0.2) is 0 Å². The van der Waals surface area contributed by atoms with Gasteiger partial charge < -0.3 is 5.32 Å². The van der Waals surface area contributed by atoms with Crippen molar-refractivity contribution in [3.63, 3.8) is 0 Å². The van der Waals surface area contributed by atoms with E-state index in [0.717, 1.165) is 16.8 Å². The fourth-order valence-corrected chi connectivity index (χ4v) is 1.66. The smallest absolute Gasteiger partial charge is 0.234 e. The van der Waals surface area contributed by atoms with Crippen molar-refractivity contribution in [1.29, 1.82) is 5.26 Å². The van der Waals surface area contributed by atoms with Crippen LogP contribution in [0.3, 0.4) is 0 Å². The van der Waals surface area contributed by atoms with E-state index in [1.165, 1.54) is 0 Å².